The van der Waals surface area contributed by atoms with Gasteiger partial charge in [0.25, 0.3) is 0 Å². The average molecular weight is 233 g/mol. The number of nitrogens with zero attached hydrogens (tertiary/aromatic N) is 3. The van der Waals surface area contributed by atoms with Crippen LogP contribution in [-0.4, -0.2) is 35.4 Å². The monoisotopic (exact) mass is 233 g/mol. The number of Topliss-reactive ketones (excluding diaryl/α,β-unsaturated/α-hetero) is 1. The minimum absolute atomic E-state index is 0.117. The van der Waals surface area contributed by atoms with Crippen LogP contribution in [0.25, 0.3) is 0 Å². The Bertz CT molecular complexity index is 454. The van der Waals surface area contributed by atoms with Crippen LogP contribution in [0, 0.1) is 25.2 Å². The van der Waals surface area contributed by atoms with Gasteiger partial charge in [0, 0.05) is 37.0 Å². The largest absolute Gasteiger partial charge is 0.351 e. The molecule has 0 bridgehead atoms. The van der Waals surface area contributed by atoms with Crippen molar-refractivity contribution in [3.8, 4) is 6.07 Å². The van der Waals surface area contributed by atoms with Crippen LogP contribution in [0.3, 0.4) is 0 Å². The number of likely N-dealkylation sites (N-methyl/N-ethyl adjacent to an activating group) is 1. The first-order chi connectivity index (χ1) is 7.97. The molecule has 0 aliphatic heterocycles. The second-order valence-corrected chi connectivity index (χ2v) is 4.41. The normalized spacial score (nSPS) is 10.6. The van der Waals surface area contributed by atoms with Crippen LogP contribution in [0.5, 0.6) is 0 Å². The molecule has 0 amide bonds. The predicted octanol–water partition coefficient (Wildman–Crippen LogP) is 1.67. The van der Waals surface area contributed by atoms with Crippen molar-refractivity contribution in [3.63, 3.8) is 0 Å². The van der Waals surface area contributed by atoms with Crippen molar-refractivity contribution in [1.82, 2.24) is 9.47 Å². The van der Waals surface area contributed by atoms with Gasteiger partial charge >= 0.3 is 0 Å². The Labute approximate surface area is 102 Å². The summed E-state index contributed by atoms with van der Waals surface area (Å²) in [6.07, 6.45) is 0.455. The van der Waals surface area contributed by atoms with Crippen molar-refractivity contribution in [1.29, 1.82) is 5.26 Å². The molecule has 0 atom stereocenters. The molecule has 1 heterocycles. The number of hydrogen-bond donors (Lipinski definition) is 0. The molecule has 0 N–H and O–H groups in total. The third-order valence-electron chi connectivity index (χ3n) is 3.09. The number of aromatic nitrogens is 1. The molecule has 17 heavy (non-hydrogen) atoms. The van der Waals surface area contributed by atoms with E-state index in [2.05, 4.69) is 6.07 Å². The van der Waals surface area contributed by atoms with Gasteiger partial charge in [0.15, 0.2) is 5.78 Å². The summed E-state index contributed by atoms with van der Waals surface area (Å²) in [7, 11) is 3.82. The first kappa shape index (κ1) is 13.5. The van der Waals surface area contributed by atoms with Gasteiger partial charge in [-0.25, -0.2) is 0 Å². The summed E-state index contributed by atoms with van der Waals surface area (Å²) in [4.78, 5) is 13.9. The summed E-state index contributed by atoms with van der Waals surface area (Å²) in [5, 5.41) is 8.49. The molecule has 1 rings (SSSR count). The second kappa shape index (κ2) is 5.65. The van der Waals surface area contributed by atoms with E-state index >= 15 is 0 Å². The Morgan fingerprint density at radius 2 is 2.18 bits per heavy atom. The molecule has 92 valence electrons. The highest BCUT2D eigenvalue weighted by Gasteiger charge is 2.15. The fraction of sp³-hybridized carbons (Fsp3) is 0.538. The topological polar surface area (TPSA) is 49.0 Å². The lowest BCUT2D eigenvalue weighted by atomic mass is 10.1. The van der Waals surface area contributed by atoms with Gasteiger partial charge in [0.1, 0.15) is 0 Å². The van der Waals surface area contributed by atoms with Gasteiger partial charge < -0.3 is 4.57 Å². The van der Waals surface area contributed by atoms with E-state index in [1.165, 1.54) is 0 Å². The molecule has 0 aromatic carbocycles. The summed E-state index contributed by atoms with van der Waals surface area (Å²) in [6, 6.07) is 4.01. The molecule has 0 aliphatic rings. The number of carbonyl (C=O) groups is 1. The van der Waals surface area contributed by atoms with Gasteiger partial charge in [0.2, 0.25) is 0 Å². The molecular weight excluding hydrogens is 214 g/mol. The average Bonchev–Trinajstić information content (AvgIpc) is 2.54. The maximum Gasteiger partial charge on any atom is 0.178 e. The van der Waals surface area contributed by atoms with Gasteiger partial charge in [-0.1, -0.05) is 0 Å². The number of ketones is 1. The van der Waals surface area contributed by atoms with Gasteiger partial charge in [-0.3, -0.25) is 9.69 Å². The van der Waals surface area contributed by atoms with Crippen LogP contribution < -0.4 is 0 Å². The van der Waals surface area contributed by atoms with E-state index < -0.39 is 0 Å². The Kier molecular flexibility index (Phi) is 4.47. The molecule has 0 radical (unpaired) electrons. The molecule has 0 saturated heterocycles. The van der Waals surface area contributed by atoms with E-state index in [0.29, 0.717) is 19.5 Å². The van der Waals surface area contributed by atoms with Crippen LogP contribution in [-0.2, 0) is 7.05 Å². The fourth-order valence-corrected chi connectivity index (χ4v) is 1.79. The van der Waals surface area contributed by atoms with Gasteiger partial charge in [-0.15, -0.1) is 0 Å². The Balaban J connectivity index is 2.71. The van der Waals surface area contributed by atoms with E-state index in [1.807, 2.05) is 43.5 Å². The number of carbonyl (C=O) groups excluding carboxylic acids is 1. The zero-order chi connectivity index (χ0) is 13.0. The lowest BCUT2D eigenvalue weighted by Gasteiger charge is -2.13. The third kappa shape index (κ3) is 3.18. The molecule has 0 aliphatic carbocycles. The predicted molar refractivity (Wildman–Crippen MR) is 66.9 cm³/mol. The Morgan fingerprint density at radius 3 is 2.65 bits per heavy atom. The molecule has 0 unspecified atom stereocenters. The molecule has 1 aromatic heterocycles. The zero-order valence-electron chi connectivity index (χ0n) is 10.9. The summed E-state index contributed by atoms with van der Waals surface area (Å²) < 4.78 is 2.02. The minimum Gasteiger partial charge on any atom is -0.351 e. The molecular formula is C13H19N3O. The quantitative estimate of drug-likeness (QED) is 0.727. The van der Waals surface area contributed by atoms with Crippen molar-refractivity contribution >= 4 is 5.78 Å². The number of aryl methyl sites for hydroxylation is 1. The highest BCUT2D eigenvalue weighted by atomic mass is 16.1. The summed E-state index contributed by atoms with van der Waals surface area (Å²) in [5.41, 5.74) is 2.88. The maximum absolute atomic E-state index is 12.1. The van der Waals surface area contributed by atoms with Crippen LogP contribution in [0.4, 0.5) is 0 Å². The molecule has 0 fully saturated rings. The summed E-state index contributed by atoms with van der Waals surface area (Å²) in [5.74, 6) is 0.117. The number of hydrogen-bond acceptors (Lipinski definition) is 3. The lowest BCUT2D eigenvalue weighted by Crippen LogP contribution is -2.27. The van der Waals surface area contributed by atoms with E-state index in [9.17, 15) is 4.79 Å². The minimum atomic E-state index is 0.117. The first-order valence-corrected chi connectivity index (χ1v) is 5.69. The summed E-state index contributed by atoms with van der Waals surface area (Å²) >= 11 is 0. The van der Waals surface area contributed by atoms with Crippen LogP contribution >= 0.6 is 0 Å². The molecule has 0 saturated carbocycles. The van der Waals surface area contributed by atoms with Gasteiger partial charge in [-0.2, -0.15) is 5.26 Å². The first-order valence-electron chi connectivity index (χ1n) is 5.69. The van der Waals surface area contributed by atoms with E-state index in [-0.39, 0.29) is 5.78 Å². The SMILES string of the molecule is Cc1cc(C(=O)CN(C)CCC#N)c(C)n1C. The Hall–Kier alpha value is -1.60. The van der Waals surface area contributed by atoms with Crippen LogP contribution in [0.15, 0.2) is 6.07 Å². The number of rotatable bonds is 5. The third-order valence-corrected chi connectivity index (χ3v) is 3.09. The highest BCUT2D eigenvalue weighted by molar-refractivity contribution is 5.99. The summed E-state index contributed by atoms with van der Waals surface area (Å²) in [6.45, 7) is 4.94. The molecule has 4 nitrogen and oxygen atoms in total. The number of nitriles is 1. The van der Waals surface area contributed by atoms with Crippen molar-refractivity contribution in [3.05, 3.63) is 23.0 Å². The molecule has 1 aromatic rings. The van der Waals surface area contributed by atoms with Crippen molar-refractivity contribution in [2.75, 3.05) is 20.1 Å². The zero-order valence-corrected chi connectivity index (χ0v) is 10.9. The van der Waals surface area contributed by atoms with Crippen molar-refractivity contribution in [2.24, 2.45) is 7.05 Å². The lowest BCUT2D eigenvalue weighted by molar-refractivity contribution is 0.0946. The standard InChI is InChI=1S/C13H19N3O/c1-10-8-12(11(2)16(10)4)13(17)9-15(3)7-5-6-14/h8H,5,7,9H2,1-4H3. The van der Waals surface area contributed by atoms with E-state index in [1.54, 1.807) is 0 Å². The molecule has 0 spiro atoms. The Morgan fingerprint density at radius 1 is 1.53 bits per heavy atom. The van der Waals surface area contributed by atoms with Gasteiger partial charge in [-0.05, 0) is 27.0 Å². The second-order valence-electron chi connectivity index (χ2n) is 4.41. The maximum atomic E-state index is 12.1. The van der Waals surface area contributed by atoms with Gasteiger partial charge in [0.05, 0.1) is 12.6 Å². The molecule has 4 heteroatoms. The fourth-order valence-electron chi connectivity index (χ4n) is 1.79. The van der Waals surface area contributed by atoms with Crippen LogP contribution in [0.2, 0.25) is 0 Å². The van der Waals surface area contributed by atoms with E-state index in [0.717, 1.165) is 17.0 Å². The van der Waals surface area contributed by atoms with Crippen molar-refractivity contribution < 1.29 is 4.79 Å². The smallest absolute Gasteiger partial charge is 0.178 e. The van der Waals surface area contributed by atoms with Crippen LogP contribution in [0.1, 0.15) is 28.2 Å². The van der Waals surface area contributed by atoms with Crippen molar-refractivity contribution in [2.45, 2.75) is 20.3 Å². The highest BCUT2D eigenvalue weighted by Crippen LogP contribution is 2.14. The van der Waals surface area contributed by atoms with E-state index in [4.69, 9.17) is 5.26 Å².